The van der Waals surface area contributed by atoms with Gasteiger partial charge in [-0.15, -0.1) is 0 Å². The van der Waals surface area contributed by atoms with Gasteiger partial charge in [-0.25, -0.2) is 9.97 Å². The second-order valence-corrected chi connectivity index (χ2v) is 9.89. The van der Waals surface area contributed by atoms with Crippen molar-refractivity contribution in [2.75, 3.05) is 25.5 Å². The molecule has 0 unspecified atom stereocenters. The van der Waals surface area contributed by atoms with Gasteiger partial charge in [-0.2, -0.15) is 4.98 Å². The zero-order valence-electron chi connectivity index (χ0n) is 21.2. The molecule has 0 spiro atoms. The van der Waals surface area contributed by atoms with Gasteiger partial charge in [-0.3, -0.25) is 4.57 Å². The van der Waals surface area contributed by atoms with Crippen LogP contribution in [0.2, 0.25) is 0 Å². The highest BCUT2D eigenvalue weighted by Gasteiger charge is 2.19. The first-order chi connectivity index (χ1) is 16.9. The third kappa shape index (κ3) is 5.00. The SMILES string of the molecule is Cc1cc(Nc2ncc3cc(C)n(-c4cccc(C(C)C)n4)c3n2)ccc1OC1CCN(C)CC1. The van der Waals surface area contributed by atoms with Gasteiger partial charge in [0.05, 0.1) is 0 Å². The minimum Gasteiger partial charge on any atom is -0.490 e. The van der Waals surface area contributed by atoms with Gasteiger partial charge in [-0.05, 0) is 81.6 Å². The number of ether oxygens (including phenoxy) is 1. The molecule has 1 fully saturated rings. The number of nitrogens with one attached hydrogen (secondary N) is 1. The molecule has 7 nitrogen and oxygen atoms in total. The monoisotopic (exact) mass is 470 g/mol. The van der Waals surface area contributed by atoms with Crippen molar-refractivity contribution in [3.63, 3.8) is 0 Å². The standard InChI is InChI=1S/C28H34N6O/c1-18(2)24-7-6-8-26(31-24)34-20(4)16-21-17-29-28(32-27(21)34)30-22-9-10-25(19(3)15-22)35-23-11-13-33(5)14-12-23/h6-10,15-18,23H,11-14H2,1-5H3,(H,29,30,32). The molecule has 182 valence electrons. The summed E-state index contributed by atoms with van der Waals surface area (Å²) < 4.78 is 8.39. The van der Waals surface area contributed by atoms with Crippen molar-refractivity contribution in [3.05, 3.63) is 65.6 Å². The molecule has 1 saturated heterocycles. The molecule has 0 radical (unpaired) electrons. The number of anilines is 2. The van der Waals surface area contributed by atoms with Crippen LogP contribution in [0.5, 0.6) is 5.75 Å². The van der Waals surface area contributed by atoms with Crippen LogP contribution in [0.3, 0.4) is 0 Å². The highest BCUT2D eigenvalue weighted by Crippen LogP contribution is 2.28. The van der Waals surface area contributed by atoms with E-state index in [0.29, 0.717) is 11.9 Å². The molecular weight excluding hydrogens is 436 g/mol. The van der Waals surface area contributed by atoms with Crippen molar-refractivity contribution in [3.8, 4) is 11.6 Å². The minimum atomic E-state index is 0.285. The number of aryl methyl sites for hydroxylation is 2. The van der Waals surface area contributed by atoms with Crippen LogP contribution in [0.15, 0.2) is 48.7 Å². The van der Waals surface area contributed by atoms with Crippen LogP contribution >= 0.6 is 0 Å². The Kier molecular flexibility index (Phi) is 6.43. The van der Waals surface area contributed by atoms with E-state index in [-0.39, 0.29) is 6.10 Å². The summed E-state index contributed by atoms with van der Waals surface area (Å²) in [6.45, 7) is 10.6. The lowest BCUT2D eigenvalue weighted by Gasteiger charge is -2.29. The van der Waals surface area contributed by atoms with Crippen molar-refractivity contribution >= 4 is 22.7 Å². The quantitative estimate of drug-likeness (QED) is 0.386. The average Bonchev–Trinajstić information content (AvgIpc) is 3.17. The lowest BCUT2D eigenvalue weighted by Crippen LogP contribution is -2.35. The zero-order valence-corrected chi connectivity index (χ0v) is 21.2. The van der Waals surface area contributed by atoms with Crippen LogP contribution in [-0.4, -0.2) is 50.7 Å². The van der Waals surface area contributed by atoms with E-state index >= 15 is 0 Å². The summed E-state index contributed by atoms with van der Waals surface area (Å²) in [7, 11) is 2.17. The van der Waals surface area contributed by atoms with Gasteiger partial charge in [0.2, 0.25) is 5.95 Å². The Balaban J connectivity index is 1.39. The Morgan fingerprint density at radius 3 is 2.57 bits per heavy atom. The largest absolute Gasteiger partial charge is 0.490 e. The van der Waals surface area contributed by atoms with E-state index in [1.165, 1.54) is 0 Å². The van der Waals surface area contributed by atoms with Crippen LogP contribution in [-0.2, 0) is 0 Å². The van der Waals surface area contributed by atoms with Crippen LogP contribution in [0.25, 0.3) is 16.9 Å². The molecular formula is C28H34N6O. The van der Waals surface area contributed by atoms with Gasteiger partial charge in [0, 0.05) is 41.7 Å². The Labute approximate surface area is 207 Å². The smallest absolute Gasteiger partial charge is 0.229 e. The van der Waals surface area contributed by atoms with Gasteiger partial charge in [-0.1, -0.05) is 19.9 Å². The molecule has 0 atom stereocenters. The van der Waals surface area contributed by atoms with E-state index in [1.807, 2.05) is 24.4 Å². The third-order valence-corrected chi connectivity index (χ3v) is 6.69. The number of likely N-dealkylation sites (tertiary alicyclic amines) is 1. The number of nitrogens with zero attached hydrogens (tertiary/aromatic N) is 5. The molecule has 35 heavy (non-hydrogen) atoms. The summed E-state index contributed by atoms with van der Waals surface area (Å²) in [4.78, 5) is 16.6. The molecule has 1 aliphatic rings. The number of hydrogen-bond donors (Lipinski definition) is 1. The molecule has 4 heterocycles. The Bertz CT molecular complexity index is 1340. The van der Waals surface area contributed by atoms with Gasteiger partial charge in [0.25, 0.3) is 0 Å². The van der Waals surface area contributed by atoms with E-state index < -0.39 is 0 Å². The summed E-state index contributed by atoms with van der Waals surface area (Å²) in [5.74, 6) is 2.74. The minimum absolute atomic E-state index is 0.285. The fraction of sp³-hybridized carbons (Fsp3) is 0.393. The first-order valence-electron chi connectivity index (χ1n) is 12.4. The van der Waals surface area contributed by atoms with E-state index in [2.05, 4.69) is 78.8 Å². The van der Waals surface area contributed by atoms with Crippen LogP contribution < -0.4 is 10.1 Å². The number of rotatable bonds is 6. The molecule has 0 saturated carbocycles. The normalized spacial score (nSPS) is 15.1. The summed E-state index contributed by atoms with van der Waals surface area (Å²) in [5, 5.41) is 4.36. The van der Waals surface area contributed by atoms with E-state index in [1.54, 1.807) is 0 Å². The number of fused-ring (bicyclic) bond motifs is 1. The number of hydrogen-bond acceptors (Lipinski definition) is 6. The van der Waals surface area contributed by atoms with E-state index in [9.17, 15) is 0 Å². The second kappa shape index (κ2) is 9.66. The number of piperidine rings is 1. The molecule has 3 aromatic heterocycles. The number of aromatic nitrogens is 4. The average molecular weight is 471 g/mol. The predicted octanol–water partition coefficient (Wildman–Crippen LogP) is 5.77. The van der Waals surface area contributed by atoms with Gasteiger partial charge in [0.15, 0.2) is 5.65 Å². The summed E-state index contributed by atoms with van der Waals surface area (Å²) >= 11 is 0. The molecule has 5 rings (SSSR count). The maximum atomic E-state index is 6.30. The van der Waals surface area contributed by atoms with Crippen molar-refractivity contribution in [1.29, 1.82) is 0 Å². The number of pyridine rings is 1. The highest BCUT2D eigenvalue weighted by molar-refractivity contribution is 5.80. The van der Waals surface area contributed by atoms with Crippen LogP contribution in [0, 0.1) is 13.8 Å². The molecule has 0 amide bonds. The Morgan fingerprint density at radius 2 is 1.83 bits per heavy atom. The van der Waals surface area contributed by atoms with Crippen molar-refractivity contribution in [2.45, 2.75) is 52.6 Å². The topological polar surface area (TPSA) is 68.1 Å². The molecule has 1 N–H and O–H groups in total. The van der Waals surface area contributed by atoms with Gasteiger partial charge < -0.3 is 15.0 Å². The molecule has 0 bridgehead atoms. The van der Waals surface area contributed by atoms with Crippen molar-refractivity contribution < 1.29 is 4.74 Å². The lowest BCUT2D eigenvalue weighted by atomic mass is 10.1. The van der Waals surface area contributed by atoms with Crippen molar-refractivity contribution in [2.24, 2.45) is 0 Å². The highest BCUT2D eigenvalue weighted by atomic mass is 16.5. The molecule has 4 aromatic rings. The maximum Gasteiger partial charge on any atom is 0.229 e. The maximum absolute atomic E-state index is 6.30. The Morgan fingerprint density at radius 1 is 1.03 bits per heavy atom. The molecule has 0 aliphatic carbocycles. The summed E-state index contributed by atoms with van der Waals surface area (Å²) in [5.41, 5.74) is 5.02. The van der Waals surface area contributed by atoms with Crippen molar-refractivity contribution in [1.82, 2.24) is 24.4 Å². The predicted molar refractivity (Wildman–Crippen MR) is 141 cm³/mol. The van der Waals surface area contributed by atoms with Gasteiger partial charge >= 0.3 is 0 Å². The number of benzene rings is 1. The summed E-state index contributed by atoms with van der Waals surface area (Å²) in [6.07, 6.45) is 4.29. The summed E-state index contributed by atoms with van der Waals surface area (Å²) in [6, 6.07) is 14.4. The van der Waals surface area contributed by atoms with Crippen LogP contribution in [0.1, 0.15) is 49.6 Å². The second-order valence-electron chi connectivity index (χ2n) is 9.89. The molecule has 1 aromatic carbocycles. The first-order valence-corrected chi connectivity index (χ1v) is 12.4. The molecule has 7 heteroatoms. The van der Waals surface area contributed by atoms with E-state index in [0.717, 1.165) is 71.2 Å². The van der Waals surface area contributed by atoms with E-state index in [4.69, 9.17) is 14.7 Å². The third-order valence-electron chi connectivity index (χ3n) is 6.69. The fourth-order valence-corrected chi connectivity index (χ4v) is 4.63. The fourth-order valence-electron chi connectivity index (χ4n) is 4.63. The van der Waals surface area contributed by atoms with Crippen LogP contribution in [0.4, 0.5) is 11.6 Å². The zero-order chi connectivity index (χ0) is 24.5. The first kappa shape index (κ1) is 23.3. The Hall–Kier alpha value is -3.45. The molecule has 1 aliphatic heterocycles. The van der Waals surface area contributed by atoms with Gasteiger partial charge in [0.1, 0.15) is 17.7 Å². The lowest BCUT2D eigenvalue weighted by molar-refractivity contribution is 0.113.